The molecular weight excluding hydrogens is 226 g/mol. The molecule has 2 rings (SSSR count). The Hall–Kier alpha value is -1.62. The van der Waals surface area contributed by atoms with Crippen molar-refractivity contribution < 1.29 is 0 Å². The van der Waals surface area contributed by atoms with Gasteiger partial charge in [0.1, 0.15) is 11.8 Å². The van der Waals surface area contributed by atoms with Crippen LogP contribution in [0.3, 0.4) is 0 Å². The fraction of sp³-hybridized carbons (Fsp3) is 0.300. The van der Waals surface area contributed by atoms with Gasteiger partial charge in [0.05, 0.1) is 6.33 Å². The molecule has 0 saturated heterocycles. The van der Waals surface area contributed by atoms with Crippen LogP contribution in [-0.2, 0) is 0 Å². The third kappa shape index (κ3) is 2.70. The van der Waals surface area contributed by atoms with Gasteiger partial charge in [0.15, 0.2) is 11.5 Å². The summed E-state index contributed by atoms with van der Waals surface area (Å²) >= 11 is 0. The predicted octanol–water partition coefficient (Wildman–Crippen LogP) is 2.15. The summed E-state index contributed by atoms with van der Waals surface area (Å²) in [7, 11) is 0. The number of rotatable bonds is 4. The highest BCUT2D eigenvalue weighted by atomic mass is 35.5. The van der Waals surface area contributed by atoms with Crippen LogP contribution in [0.1, 0.15) is 13.3 Å². The van der Waals surface area contributed by atoms with Gasteiger partial charge in [-0.05, 0) is 13.3 Å². The first-order valence-corrected chi connectivity index (χ1v) is 4.79. The zero-order valence-electron chi connectivity index (χ0n) is 9.03. The van der Waals surface area contributed by atoms with Gasteiger partial charge in [0, 0.05) is 6.54 Å². The lowest BCUT2D eigenvalue weighted by molar-refractivity contribution is 0.990. The van der Waals surface area contributed by atoms with Crippen LogP contribution >= 0.6 is 12.4 Å². The maximum Gasteiger partial charge on any atom is 0.182 e. The largest absolute Gasteiger partial charge is 0.368 e. The van der Waals surface area contributed by atoms with Crippen molar-refractivity contribution in [2.75, 3.05) is 11.9 Å². The SMILES string of the molecule is C=C(C)CCNc1ncnc2nc[nH]c12.Cl. The van der Waals surface area contributed by atoms with Crippen molar-refractivity contribution >= 4 is 29.4 Å². The molecule has 5 nitrogen and oxygen atoms in total. The monoisotopic (exact) mass is 239 g/mol. The smallest absolute Gasteiger partial charge is 0.182 e. The van der Waals surface area contributed by atoms with E-state index in [4.69, 9.17) is 0 Å². The molecule has 2 aromatic heterocycles. The van der Waals surface area contributed by atoms with Crippen molar-refractivity contribution in [1.82, 2.24) is 19.9 Å². The first-order chi connectivity index (χ1) is 7.27. The van der Waals surface area contributed by atoms with Crippen LogP contribution in [0, 0.1) is 0 Å². The number of aromatic amines is 1. The number of H-pyrrole nitrogens is 1. The third-order valence-electron chi connectivity index (χ3n) is 2.07. The van der Waals surface area contributed by atoms with Crippen LogP contribution in [0.2, 0.25) is 0 Å². The number of anilines is 1. The minimum absolute atomic E-state index is 0. The number of aromatic nitrogens is 4. The van der Waals surface area contributed by atoms with Crippen LogP contribution < -0.4 is 5.32 Å². The Morgan fingerprint density at radius 2 is 2.25 bits per heavy atom. The van der Waals surface area contributed by atoms with Gasteiger partial charge in [-0.1, -0.05) is 5.57 Å². The quantitative estimate of drug-likeness (QED) is 0.803. The van der Waals surface area contributed by atoms with E-state index in [1.165, 1.54) is 6.33 Å². The molecule has 0 spiro atoms. The molecule has 0 radical (unpaired) electrons. The average Bonchev–Trinajstić information content (AvgIpc) is 2.65. The van der Waals surface area contributed by atoms with Gasteiger partial charge in [-0.2, -0.15) is 0 Å². The Kier molecular flexibility index (Phi) is 4.25. The predicted molar refractivity (Wildman–Crippen MR) is 66.9 cm³/mol. The van der Waals surface area contributed by atoms with Crippen molar-refractivity contribution in [3.05, 3.63) is 24.8 Å². The van der Waals surface area contributed by atoms with E-state index in [1.54, 1.807) is 6.33 Å². The fourth-order valence-corrected chi connectivity index (χ4v) is 1.29. The number of nitrogens with zero attached hydrogens (tertiary/aromatic N) is 3. The Morgan fingerprint density at radius 3 is 3.00 bits per heavy atom. The van der Waals surface area contributed by atoms with Gasteiger partial charge in [-0.15, -0.1) is 19.0 Å². The summed E-state index contributed by atoms with van der Waals surface area (Å²) in [5, 5.41) is 3.22. The van der Waals surface area contributed by atoms with E-state index in [-0.39, 0.29) is 12.4 Å². The molecule has 86 valence electrons. The molecule has 16 heavy (non-hydrogen) atoms. The number of hydrogen-bond donors (Lipinski definition) is 2. The second kappa shape index (κ2) is 5.46. The van der Waals surface area contributed by atoms with Crippen LogP contribution in [-0.4, -0.2) is 26.5 Å². The van der Waals surface area contributed by atoms with Gasteiger partial charge in [0.2, 0.25) is 0 Å². The summed E-state index contributed by atoms with van der Waals surface area (Å²) in [5.41, 5.74) is 2.68. The number of imidazole rings is 1. The zero-order chi connectivity index (χ0) is 10.7. The van der Waals surface area contributed by atoms with Crippen LogP contribution in [0.4, 0.5) is 5.82 Å². The van der Waals surface area contributed by atoms with E-state index >= 15 is 0 Å². The number of nitrogens with one attached hydrogen (secondary N) is 2. The first-order valence-electron chi connectivity index (χ1n) is 4.79. The summed E-state index contributed by atoms with van der Waals surface area (Å²) in [6.07, 6.45) is 4.05. The summed E-state index contributed by atoms with van der Waals surface area (Å²) in [4.78, 5) is 15.3. The van der Waals surface area contributed by atoms with E-state index in [1.807, 2.05) is 6.92 Å². The number of halogens is 1. The van der Waals surface area contributed by atoms with Crippen molar-refractivity contribution in [3.63, 3.8) is 0 Å². The van der Waals surface area contributed by atoms with E-state index in [0.717, 1.165) is 29.9 Å². The van der Waals surface area contributed by atoms with Gasteiger partial charge in [0.25, 0.3) is 0 Å². The molecule has 0 bridgehead atoms. The lowest BCUT2D eigenvalue weighted by Gasteiger charge is -2.04. The molecule has 0 amide bonds. The Balaban J connectivity index is 0.00000128. The standard InChI is InChI=1S/C10H13N5.ClH/c1-7(2)3-4-11-9-8-10(13-5-12-8)15-6-14-9;/h5-6H,1,3-4H2,2H3,(H2,11,12,13,14,15);1H. The highest BCUT2D eigenvalue weighted by Crippen LogP contribution is 2.14. The molecule has 0 aliphatic heterocycles. The maximum absolute atomic E-state index is 4.15. The van der Waals surface area contributed by atoms with Gasteiger partial charge < -0.3 is 10.3 Å². The molecular formula is C10H14ClN5. The summed E-state index contributed by atoms with van der Waals surface area (Å²) in [6.45, 7) is 6.67. The minimum Gasteiger partial charge on any atom is -0.368 e. The van der Waals surface area contributed by atoms with E-state index in [2.05, 4.69) is 31.8 Å². The summed E-state index contributed by atoms with van der Waals surface area (Å²) in [5.74, 6) is 0.791. The first kappa shape index (κ1) is 12.4. The Morgan fingerprint density at radius 1 is 1.44 bits per heavy atom. The van der Waals surface area contributed by atoms with Crippen LogP contribution in [0.5, 0.6) is 0 Å². The molecule has 0 unspecified atom stereocenters. The molecule has 0 aliphatic carbocycles. The second-order valence-corrected chi connectivity index (χ2v) is 3.46. The fourth-order valence-electron chi connectivity index (χ4n) is 1.29. The van der Waals surface area contributed by atoms with E-state index in [0.29, 0.717) is 5.65 Å². The minimum atomic E-state index is 0. The third-order valence-corrected chi connectivity index (χ3v) is 2.07. The normalized spacial score (nSPS) is 9.81. The van der Waals surface area contributed by atoms with Gasteiger partial charge in [-0.3, -0.25) is 0 Å². The lowest BCUT2D eigenvalue weighted by atomic mass is 10.2. The highest BCUT2D eigenvalue weighted by Gasteiger charge is 2.03. The number of fused-ring (bicyclic) bond motifs is 1. The Bertz CT molecular complexity index is 479. The van der Waals surface area contributed by atoms with Crippen molar-refractivity contribution in [2.45, 2.75) is 13.3 Å². The maximum atomic E-state index is 4.15. The molecule has 0 aromatic carbocycles. The average molecular weight is 240 g/mol. The molecule has 0 saturated carbocycles. The molecule has 2 N–H and O–H groups in total. The molecule has 0 aliphatic rings. The molecule has 2 heterocycles. The summed E-state index contributed by atoms with van der Waals surface area (Å²) < 4.78 is 0. The zero-order valence-corrected chi connectivity index (χ0v) is 9.84. The van der Waals surface area contributed by atoms with Crippen LogP contribution in [0.15, 0.2) is 24.8 Å². The Labute approximate surface area is 99.8 Å². The van der Waals surface area contributed by atoms with E-state index in [9.17, 15) is 0 Å². The molecule has 0 fully saturated rings. The van der Waals surface area contributed by atoms with Crippen LogP contribution in [0.25, 0.3) is 11.2 Å². The molecule has 6 heteroatoms. The molecule has 0 atom stereocenters. The molecule has 2 aromatic rings. The van der Waals surface area contributed by atoms with Gasteiger partial charge >= 0.3 is 0 Å². The van der Waals surface area contributed by atoms with Gasteiger partial charge in [-0.25, -0.2) is 15.0 Å². The topological polar surface area (TPSA) is 66.5 Å². The van der Waals surface area contributed by atoms with E-state index < -0.39 is 0 Å². The van der Waals surface area contributed by atoms with Crippen molar-refractivity contribution in [3.8, 4) is 0 Å². The second-order valence-electron chi connectivity index (χ2n) is 3.46. The van der Waals surface area contributed by atoms with Crippen molar-refractivity contribution in [2.24, 2.45) is 0 Å². The highest BCUT2D eigenvalue weighted by molar-refractivity contribution is 5.85. The lowest BCUT2D eigenvalue weighted by Crippen LogP contribution is -2.04. The summed E-state index contributed by atoms with van der Waals surface area (Å²) in [6, 6.07) is 0. The van der Waals surface area contributed by atoms with Crippen molar-refractivity contribution in [1.29, 1.82) is 0 Å². The number of hydrogen-bond acceptors (Lipinski definition) is 4.